The van der Waals surface area contributed by atoms with Crippen LogP contribution in [0.1, 0.15) is 24.5 Å². The van der Waals surface area contributed by atoms with Crippen LogP contribution in [0.4, 0.5) is 0 Å². The van der Waals surface area contributed by atoms with E-state index >= 15 is 0 Å². The van der Waals surface area contributed by atoms with Gasteiger partial charge >= 0.3 is 0 Å². The van der Waals surface area contributed by atoms with Gasteiger partial charge in [-0.25, -0.2) is 0 Å². The molecule has 0 heterocycles. The van der Waals surface area contributed by atoms with Gasteiger partial charge in [0.1, 0.15) is 0 Å². The fourth-order valence-corrected chi connectivity index (χ4v) is 2.57. The Morgan fingerprint density at radius 1 is 1.12 bits per heavy atom. The average molecular weight is 246 g/mol. The van der Waals surface area contributed by atoms with E-state index in [-0.39, 0.29) is 6.10 Å². The second-order valence-corrected chi connectivity index (χ2v) is 5.20. The smallest absolute Gasteiger partial charge is 0.0796 e. The normalized spacial score (nSPS) is 12.8. The number of rotatable bonds is 5. The van der Waals surface area contributed by atoms with Crippen molar-refractivity contribution in [2.45, 2.75) is 18.9 Å². The van der Waals surface area contributed by atoms with Gasteiger partial charge in [0.25, 0.3) is 0 Å². The quantitative estimate of drug-likeness (QED) is 0.804. The number of aliphatic hydroxyl groups is 1. The summed E-state index contributed by atoms with van der Waals surface area (Å²) >= 11 is 1.83. The summed E-state index contributed by atoms with van der Waals surface area (Å²) in [4.78, 5) is 0. The molecule has 0 saturated heterocycles. The van der Waals surface area contributed by atoms with Crippen molar-refractivity contribution in [2.75, 3.05) is 12.0 Å². The van der Waals surface area contributed by atoms with Crippen molar-refractivity contribution in [1.82, 2.24) is 0 Å². The maximum atomic E-state index is 10.2. The number of thioether (sulfide) groups is 1. The molecule has 0 bridgehead atoms. The fraction of sp³-hybridized carbons (Fsp3) is 0.333. The van der Waals surface area contributed by atoms with Crippen molar-refractivity contribution in [3.05, 3.63) is 48.0 Å². The molecule has 0 aliphatic heterocycles. The van der Waals surface area contributed by atoms with Crippen molar-refractivity contribution < 1.29 is 5.11 Å². The van der Waals surface area contributed by atoms with E-state index in [2.05, 4.69) is 24.5 Å². The lowest BCUT2D eigenvalue weighted by Crippen LogP contribution is -1.99. The highest BCUT2D eigenvalue weighted by Crippen LogP contribution is 2.27. The molecule has 1 unspecified atom stereocenters. The minimum Gasteiger partial charge on any atom is -0.388 e. The zero-order chi connectivity index (χ0) is 12.1. The molecular formula is C15H18OS. The van der Waals surface area contributed by atoms with Crippen molar-refractivity contribution in [1.29, 1.82) is 0 Å². The van der Waals surface area contributed by atoms with Crippen LogP contribution in [-0.2, 0) is 0 Å². The lowest BCUT2D eigenvalue weighted by atomic mass is 9.98. The number of hydrogen-bond donors (Lipinski definition) is 1. The summed E-state index contributed by atoms with van der Waals surface area (Å²) in [5.74, 6) is 1.11. The van der Waals surface area contributed by atoms with Gasteiger partial charge in [-0.2, -0.15) is 11.8 Å². The molecule has 0 aliphatic rings. The van der Waals surface area contributed by atoms with E-state index in [4.69, 9.17) is 0 Å². The van der Waals surface area contributed by atoms with Gasteiger partial charge in [0.15, 0.2) is 0 Å². The van der Waals surface area contributed by atoms with Crippen molar-refractivity contribution in [3.63, 3.8) is 0 Å². The number of aliphatic hydroxyl groups excluding tert-OH is 1. The van der Waals surface area contributed by atoms with E-state index < -0.39 is 0 Å². The van der Waals surface area contributed by atoms with Crippen LogP contribution in [0.25, 0.3) is 10.8 Å². The predicted octanol–water partition coefficient (Wildman–Crippen LogP) is 4.02. The minimum absolute atomic E-state index is 0.340. The van der Waals surface area contributed by atoms with Gasteiger partial charge in [0, 0.05) is 0 Å². The third-order valence-electron chi connectivity index (χ3n) is 3.01. The van der Waals surface area contributed by atoms with Crippen molar-refractivity contribution >= 4 is 22.5 Å². The monoisotopic (exact) mass is 246 g/mol. The molecule has 0 aromatic heterocycles. The second-order valence-electron chi connectivity index (χ2n) is 4.22. The van der Waals surface area contributed by atoms with Crippen LogP contribution < -0.4 is 0 Å². The fourth-order valence-electron chi connectivity index (χ4n) is 2.12. The summed E-state index contributed by atoms with van der Waals surface area (Å²) in [5, 5.41) is 12.6. The third kappa shape index (κ3) is 3.02. The molecule has 2 heteroatoms. The molecule has 0 amide bonds. The van der Waals surface area contributed by atoms with Crippen LogP contribution in [-0.4, -0.2) is 17.1 Å². The molecule has 90 valence electrons. The number of hydrogen-bond acceptors (Lipinski definition) is 2. The summed E-state index contributed by atoms with van der Waals surface area (Å²) < 4.78 is 0. The highest BCUT2D eigenvalue weighted by atomic mass is 32.2. The third-order valence-corrected chi connectivity index (χ3v) is 3.71. The predicted molar refractivity (Wildman–Crippen MR) is 76.5 cm³/mol. The standard InChI is InChI=1S/C15H18OS/c1-17-11-5-10-15(16)14-9-4-7-12-6-2-3-8-13(12)14/h2-4,6-9,15-16H,5,10-11H2,1H3. The molecular weight excluding hydrogens is 228 g/mol. The molecule has 0 aliphatic carbocycles. The van der Waals surface area contributed by atoms with E-state index in [0.717, 1.165) is 24.2 Å². The summed E-state index contributed by atoms with van der Waals surface area (Å²) in [5.41, 5.74) is 1.06. The number of fused-ring (bicyclic) bond motifs is 1. The molecule has 1 N–H and O–H groups in total. The maximum absolute atomic E-state index is 10.2. The van der Waals surface area contributed by atoms with Crippen LogP contribution in [0.5, 0.6) is 0 Å². The first-order valence-corrected chi connectivity index (χ1v) is 7.37. The van der Waals surface area contributed by atoms with Gasteiger partial charge in [0.05, 0.1) is 6.10 Å². The Morgan fingerprint density at radius 2 is 1.88 bits per heavy atom. The molecule has 0 radical (unpaired) electrons. The van der Waals surface area contributed by atoms with E-state index in [1.54, 1.807) is 0 Å². The summed E-state index contributed by atoms with van der Waals surface area (Å²) in [6.45, 7) is 0. The van der Waals surface area contributed by atoms with Crippen LogP contribution >= 0.6 is 11.8 Å². The maximum Gasteiger partial charge on any atom is 0.0796 e. The molecule has 2 aromatic rings. The van der Waals surface area contributed by atoms with Gasteiger partial charge in [-0.1, -0.05) is 42.5 Å². The lowest BCUT2D eigenvalue weighted by molar-refractivity contribution is 0.168. The Morgan fingerprint density at radius 3 is 2.71 bits per heavy atom. The van der Waals surface area contributed by atoms with E-state index in [1.807, 2.05) is 36.0 Å². The molecule has 0 saturated carbocycles. The number of benzene rings is 2. The van der Waals surface area contributed by atoms with Gasteiger partial charge in [-0.05, 0) is 41.2 Å². The molecule has 17 heavy (non-hydrogen) atoms. The van der Waals surface area contributed by atoms with Gasteiger partial charge in [-0.15, -0.1) is 0 Å². The van der Waals surface area contributed by atoms with E-state index in [1.165, 1.54) is 10.8 Å². The molecule has 2 aromatic carbocycles. The molecule has 2 rings (SSSR count). The van der Waals surface area contributed by atoms with Crippen LogP contribution in [0.3, 0.4) is 0 Å². The Labute approximate surface area is 107 Å². The Balaban J connectivity index is 2.22. The van der Waals surface area contributed by atoms with Crippen LogP contribution in [0, 0.1) is 0 Å². The zero-order valence-corrected chi connectivity index (χ0v) is 10.9. The van der Waals surface area contributed by atoms with Crippen LogP contribution in [0.2, 0.25) is 0 Å². The van der Waals surface area contributed by atoms with Gasteiger partial charge in [0.2, 0.25) is 0 Å². The first kappa shape index (κ1) is 12.5. The van der Waals surface area contributed by atoms with Gasteiger partial charge < -0.3 is 5.11 Å². The minimum atomic E-state index is -0.340. The lowest BCUT2D eigenvalue weighted by Gasteiger charge is -2.13. The largest absolute Gasteiger partial charge is 0.388 e. The zero-order valence-electron chi connectivity index (χ0n) is 10.1. The topological polar surface area (TPSA) is 20.2 Å². The Hall–Kier alpha value is -0.990. The average Bonchev–Trinajstić information content (AvgIpc) is 2.38. The summed E-state index contributed by atoms with van der Waals surface area (Å²) in [6.07, 6.45) is 3.67. The van der Waals surface area contributed by atoms with E-state index in [9.17, 15) is 5.11 Å². The molecule has 1 atom stereocenters. The first-order chi connectivity index (χ1) is 8.33. The highest BCUT2D eigenvalue weighted by Gasteiger charge is 2.10. The Kier molecular flexibility index (Phi) is 4.46. The molecule has 0 spiro atoms. The van der Waals surface area contributed by atoms with Crippen molar-refractivity contribution in [3.8, 4) is 0 Å². The van der Waals surface area contributed by atoms with Crippen LogP contribution in [0.15, 0.2) is 42.5 Å². The summed E-state index contributed by atoms with van der Waals surface area (Å²) in [6, 6.07) is 14.4. The highest BCUT2D eigenvalue weighted by molar-refractivity contribution is 7.98. The molecule has 1 nitrogen and oxygen atoms in total. The van der Waals surface area contributed by atoms with Crippen molar-refractivity contribution in [2.24, 2.45) is 0 Å². The first-order valence-electron chi connectivity index (χ1n) is 5.97. The summed E-state index contributed by atoms with van der Waals surface area (Å²) in [7, 11) is 0. The van der Waals surface area contributed by atoms with Gasteiger partial charge in [-0.3, -0.25) is 0 Å². The Bertz CT molecular complexity index is 476. The second kappa shape index (κ2) is 6.08. The van der Waals surface area contributed by atoms with E-state index in [0.29, 0.717) is 0 Å². The molecule has 0 fully saturated rings. The SMILES string of the molecule is CSCCCC(O)c1cccc2ccccc12.